The van der Waals surface area contributed by atoms with E-state index in [1.807, 2.05) is 36.4 Å². The topological polar surface area (TPSA) is 57.1 Å². The van der Waals surface area contributed by atoms with E-state index in [1.54, 1.807) is 0 Å². The fourth-order valence-electron chi connectivity index (χ4n) is 11.0. The first-order chi connectivity index (χ1) is 34.2. The van der Waals surface area contributed by atoms with Crippen molar-refractivity contribution in [2.75, 3.05) is 0 Å². The van der Waals surface area contributed by atoms with Crippen LogP contribution in [0, 0.1) is 0 Å². The van der Waals surface area contributed by atoms with Crippen molar-refractivity contribution >= 4 is 32.3 Å². The summed E-state index contributed by atoms with van der Waals surface area (Å²) in [6.07, 6.45) is 0. The van der Waals surface area contributed by atoms with Crippen LogP contribution in [-0.2, 0) is 5.41 Å². The molecule has 12 aromatic rings. The summed E-state index contributed by atoms with van der Waals surface area (Å²) in [7, 11) is 0. The fraction of sp³-hybridized carbons (Fsp3) is 0.0156. The van der Waals surface area contributed by atoms with E-state index in [1.165, 1.54) is 54.6 Å². The van der Waals surface area contributed by atoms with Gasteiger partial charge < -0.3 is 9.47 Å². The van der Waals surface area contributed by atoms with Gasteiger partial charge in [-0.2, -0.15) is 0 Å². The summed E-state index contributed by atoms with van der Waals surface area (Å²) in [5.41, 5.74) is 11.2. The minimum atomic E-state index is -0.544. The van der Waals surface area contributed by atoms with Crippen molar-refractivity contribution in [3.05, 3.63) is 259 Å². The fourth-order valence-corrected chi connectivity index (χ4v) is 11.0. The summed E-state index contributed by atoms with van der Waals surface area (Å²) in [6, 6.07) is 83.2. The Morgan fingerprint density at radius 3 is 1.42 bits per heavy atom. The maximum atomic E-state index is 7.03. The van der Waals surface area contributed by atoms with Crippen LogP contribution >= 0.6 is 0 Å². The smallest absolute Gasteiger partial charge is 0.178 e. The number of rotatable bonds is 6. The number of nitrogens with zero attached hydrogens (tertiary/aromatic N) is 3. The minimum absolute atomic E-state index is 0.544. The first kappa shape index (κ1) is 39.0. The standard InChI is InChI=1S/C64H39N3O2/c1-4-16-41(17-5-1)61-65-62(67-63(66-61)44-32-34-51-49-24-11-10-22-47(49)48-23-12-13-25-50(48)53(51)38-44)42-30-28-40(29-31-42)43-33-36-56-58(39-43)69-60-57(68-56)37-35-55-59(60)52-26-14-15-27-54(52)64(55,45-18-6-2-7-19-45)46-20-8-3-9-21-46/h1-39H. The van der Waals surface area contributed by atoms with Crippen LogP contribution in [0.15, 0.2) is 237 Å². The van der Waals surface area contributed by atoms with Crippen molar-refractivity contribution in [2.24, 2.45) is 0 Å². The molecule has 2 heterocycles. The SMILES string of the molecule is c1ccc(-c2nc(-c3ccc(-c4ccc5c(c4)Oc4c(ccc6c4-c4ccccc4C6(c4ccccc4)c4ccccc4)O5)cc3)nc(-c3ccc4c5ccccc5c5ccccc5c4c3)n2)cc1. The molecule has 0 N–H and O–H groups in total. The van der Waals surface area contributed by atoms with Gasteiger partial charge >= 0.3 is 0 Å². The van der Waals surface area contributed by atoms with E-state index in [0.717, 1.165) is 44.7 Å². The number of fused-ring (bicyclic) bond motifs is 12. The molecule has 0 atom stereocenters. The summed E-state index contributed by atoms with van der Waals surface area (Å²) in [6.45, 7) is 0. The van der Waals surface area contributed by atoms with Gasteiger partial charge in [-0.15, -0.1) is 0 Å². The molecule has 5 nitrogen and oxygen atoms in total. The van der Waals surface area contributed by atoms with Gasteiger partial charge in [0.05, 0.1) is 5.41 Å². The van der Waals surface area contributed by atoms with Gasteiger partial charge in [-0.3, -0.25) is 0 Å². The van der Waals surface area contributed by atoms with Gasteiger partial charge in [0.15, 0.2) is 40.5 Å². The number of benzene rings is 11. The quantitative estimate of drug-likeness (QED) is 0.156. The molecule has 1 aliphatic carbocycles. The van der Waals surface area contributed by atoms with E-state index in [2.05, 4.69) is 200 Å². The van der Waals surface area contributed by atoms with Crippen molar-refractivity contribution in [3.8, 4) is 79.4 Å². The van der Waals surface area contributed by atoms with E-state index in [0.29, 0.717) is 34.7 Å². The Morgan fingerprint density at radius 1 is 0.290 bits per heavy atom. The third-order valence-electron chi connectivity index (χ3n) is 14.1. The second kappa shape index (κ2) is 15.4. The average molecular weight is 882 g/mol. The van der Waals surface area contributed by atoms with E-state index in [4.69, 9.17) is 24.4 Å². The van der Waals surface area contributed by atoms with Gasteiger partial charge in [0.25, 0.3) is 0 Å². The third-order valence-corrected chi connectivity index (χ3v) is 14.1. The molecule has 0 bridgehead atoms. The molecular weight excluding hydrogens is 843 g/mol. The maximum Gasteiger partial charge on any atom is 0.178 e. The molecule has 0 saturated carbocycles. The van der Waals surface area contributed by atoms with E-state index < -0.39 is 5.41 Å². The van der Waals surface area contributed by atoms with Crippen molar-refractivity contribution in [3.63, 3.8) is 0 Å². The monoisotopic (exact) mass is 881 g/mol. The summed E-state index contributed by atoms with van der Waals surface area (Å²) < 4.78 is 13.7. The zero-order valence-corrected chi connectivity index (χ0v) is 37.2. The number of hydrogen-bond donors (Lipinski definition) is 0. The van der Waals surface area contributed by atoms with E-state index in [9.17, 15) is 0 Å². The highest BCUT2D eigenvalue weighted by Gasteiger charge is 2.48. The van der Waals surface area contributed by atoms with Crippen LogP contribution in [0.1, 0.15) is 22.3 Å². The van der Waals surface area contributed by atoms with Gasteiger partial charge in [-0.1, -0.05) is 212 Å². The largest absolute Gasteiger partial charge is 0.449 e. The predicted molar refractivity (Wildman–Crippen MR) is 278 cm³/mol. The molecule has 2 aliphatic rings. The van der Waals surface area contributed by atoms with Crippen molar-refractivity contribution in [2.45, 2.75) is 5.41 Å². The van der Waals surface area contributed by atoms with Crippen LogP contribution in [0.2, 0.25) is 0 Å². The highest BCUT2D eigenvalue weighted by atomic mass is 16.6. The second-order valence-corrected chi connectivity index (χ2v) is 17.8. The first-order valence-electron chi connectivity index (χ1n) is 23.3. The van der Waals surface area contributed by atoms with Crippen molar-refractivity contribution < 1.29 is 9.47 Å². The molecular formula is C64H39N3O2. The lowest BCUT2D eigenvalue weighted by Crippen LogP contribution is -2.28. The van der Waals surface area contributed by atoms with Gasteiger partial charge in [-0.25, -0.2) is 15.0 Å². The van der Waals surface area contributed by atoms with Crippen LogP contribution < -0.4 is 9.47 Å². The van der Waals surface area contributed by atoms with Crippen LogP contribution in [0.3, 0.4) is 0 Å². The summed E-state index contributed by atoms with van der Waals surface area (Å²) in [4.78, 5) is 15.3. The number of aromatic nitrogens is 3. The lowest BCUT2D eigenvalue weighted by molar-refractivity contribution is 0.360. The molecule has 5 heteroatoms. The zero-order valence-electron chi connectivity index (χ0n) is 37.2. The lowest BCUT2D eigenvalue weighted by atomic mass is 9.68. The molecule has 0 amide bonds. The van der Waals surface area contributed by atoms with Gasteiger partial charge in [0.2, 0.25) is 0 Å². The molecule has 0 fully saturated rings. The minimum Gasteiger partial charge on any atom is -0.449 e. The van der Waals surface area contributed by atoms with Crippen LogP contribution in [0.25, 0.3) is 88.7 Å². The molecule has 11 aromatic carbocycles. The highest BCUT2D eigenvalue weighted by molar-refractivity contribution is 6.25. The predicted octanol–water partition coefficient (Wildman–Crippen LogP) is 16.3. The molecule has 0 spiro atoms. The van der Waals surface area contributed by atoms with Crippen molar-refractivity contribution in [1.82, 2.24) is 15.0 Å². The third kappa shape index (κ3) is 6.07. The Balaban J connectivity index is 0.840. The Morgan fingerprint density at radius 2 is 0.768 bits per heavy atom. The molecule has 1 aliphatic heterocycles. The first-order valence-corrected chi connectivity index (χ1v) is 23.3. The second-order valence-electron chi connectivity index (χ2n) is 17.8. The Labute approximate surface area is 398 Å². The van der Waals surface area contributed by atoms with Crippen LogP contribution in [-0.4, -0.2) is 15.0 Å². The molecule has 0 radical (unpaired) electrons. The van der Waals surface area contributed by atoms with E-state index >= 15 is 0 Å². The summed E-state index contributed by atoms with van der Waals surface area (Å²) in [5, 5.41) is 7.27. The van der Waals surface area contributed by atoms with Gasteiger partial charge in [0.1, 0.15) is 0 Å². The number of hydrogen-bond acceptors (Lipinski definition) is 5. The normalized spacial score (nSPS) is 13.0. The van der Waals surface area contributed by atoms with Gasteiger partial charge in [-0.05, 0) is 95.5 Å². The average Bonchev–Trinajstić information content (AvgIpc) is 3.74. The van der Waals surface area contributed by atoms with E-state index in [-0.39, 0.29) is 0 Å². The zero-order chi connectivity index (χ0) is 45.5. The molecule has 0 unspecified atom stereocenters. The molecule has 322 valence electrons. The van der Waals surface area contributed by atoms with Gasteiger partial charge in [0, 0.05) is 22.3 Å². The van der Waals surface area contributed by atoms with Crippen LogP contribution in [0.5, 0.6) is 23.0 Å². The Bertz CT molecular complexity index is 3930. The summed E-state index contributed by atoms with van der Waals surface area (Å²) >= 11 is 0. The molecule has 0 saturated heterocycles. The molecule has 1 aromatic heterocycles. The summed E-state index contributed by atoms with van der Waals surface area (Å²) in [5.74, 6) is 4.60. The number of ether oxygens (including phenoxy) is 2. The highest BCUT2D eigenvalue weighted by Crippen LogP contribution is 2.62. The Hall–Kier alpha value is -9.19. The van der Waals surface area contributed by atoms with Crippen LogP contribution in [0.4, 0.5) is 0 Å². The van der Waals surface area contributed by atoms with Crippen molar-refractivity contribution in [1.29, 1.82) is 0 Å². The molecule has 69 heavy (non-hydrogen) atoms. The maximum absolute atomic E-state index is 7.03. The molecule has 14 rings (SSSR count). The lowest BCUT2D eigenvalue weighted by Gasteiger charge is -2.34. The Kier molecular flexibility index (Phi) is 8.73.